The van der Waals surface area contributed by atoms with Crippen LogP contribution in [0.4, 0.5) is 0 Å². The topological polar surface area (TPSA) is 98.7 Å². The maximum absolute atomic E-state index is 11.3. The Kier molecular flexibility index (Phi) is 4.41. The SMILES string of the molecule is CC(C)(NCc1cccc(C(=O)O)c1)C(=O)NO. The molecule has 6 heteroatoms. The first kappa shape index (κ1) is 14.1. The third-order valence-electron chi connectivity index (χ3n) is 2.58. The van der Waals surface area contributed by atoms with Gasteiger partial charge in [0.15, 0.2) is 0 Å². The Balaban J connectivity index is 2.72. The molecule has 98 valence electrons. The number of carboxylic acid groups (broad SMARTS) is 1. The minimum atomic E-state index is -0.996. The predicted molar refractivity (Wildman–Crippen MR) is 64.2 cm³/mol. The summed E-state index contributed by atoms with van der Waals surface area (Å²) in [6.45, 7) is 3.54. The molecule has 0 saturated heterocycles. The number of rotatable bonds is 5. The van der Waals surface area contributed by atoms with Crippen molar-refractivity contribution in [2.24, 2.45) is 0 Å². The first-order chi connectivity index (χ1) is 8.36. The van der Waals surface area contributed by atoms with E-state index in [9.17, 15) is 9.59 Å². The lowest BCUT2D eigenvalue weighted by molar-refractivity contribution is -0.135. The Labute approximate surface area is 105 Å². The van der Waals surface area contributed by atoms with E-state index in [1.807, 2.05) is 0 Å². The molecule has 0 radical (unpaired) electrons. The highest BCUT2D eigenvalue weighted by Crippen LogP contribution is 2.08. The Morgan fingerprint density at radius 2 is 2.00 bits per heavy atom. The second-order valence-corrected chi connectivity index (χ2v) is 4.43. The fourth-order valence-corrected chi connectivity index (χ4v) is 1.36. The van der Waals surface area contributed by atoms with Crippen molar-refractivity contribution in [1.82, 2.24) is 10.8 Å². The largest absolute Gasteiger partial charge is 0.478 e. The van der Waals surface area contributed by atoms with Crippen LogP contribution in [0.1, 0.15) is 29.8 Å². The number of hydrogen-bond donors (Lipinski definition) is 4. The molecule has 0 saturated carbocycles. The molecule has 0 unspecified atom stereocenters. The molecule has 0 spiro atoms. The lowest BCUT2D eigenvalue weighted by Crippen LogP contribution is -2.51. The van der Waals surface area contributed by atoms with Crippen LogP contribution in [0.25, 0.3) is 0 Å². The summed E-state index contributed by atoms with van der Waals surface area (Å²) in [5, 5.41) is 20.3. The first-order valence-electron chi connectivity index (χ1n) is 5.38. The third-order valence-corrected chi connectivity index (χ3v) is 2.58. The first-order valence-corrected chi connectivity index (χ1v) is 5.38. The molecule has 1 amide bonds. The summed E-state index contributed by atoms with van der Waals surface area (Å²) in [5.74, 6) is -1.55. The molecular formula is C12H16N2O4. The molecule has 0 aliphatic heterocycles. The van der Waals surface area contributed by atoms with E-state index >= 15 is 0 Å². The van der Waals surface area contributed by atoms with Gasteiger partial charge in [-0.25, -0.2) is 10.3 Å². The summed E-state index contributed by atoms with van der Waals surface area (Å²) in [6.07, 6.45) is 0. The minimum Gasteiger partial charge on any atom is -0.478 e. The predicted octanol–water partition coefficient (Wildman–Crippen LogP) is 0.758. The maximum atomic E-state index is 11.3. The van der Waals surface area contributed by atoms with Crippen molar-refractivity contribution in [2.45, 2.75) is 25.9 Å². The summed E-state index contributed by atoms with van der Waals surface area (Å²) in [5.41, 5.74) is 1.56. The Morgan fingerprint density at radius 3 is 2.56 bits per heavy atom. The van der Waals surface area contributed by atoms with Crippen molar-refractivity contribution in [2.75, 3.05) is 0 Å². The van der Waals surface area contributed by atoms with Gasteiger partial charge in [0, 0.05) is 6.54 Å². The van der Waals surface area contributed by atoms with Crippen LogP contribution in [0.3, 0.4) is 0 Å². The lowest BCUT2D eigenvalue weighted by Gasteiger charge is -2.23. The van der Waals surface area contributed by atoms with Gasteiger partial charge in [-0.1, -0.05) is 12.1 Å². The van der Waals surface area contributed by atoms with E-state index in [1.54, 1.807) is 31.5 Å². The molecule has 0 heterocycles. The molecule has 0 aromatic heterocycles. The van der Waals surface area contributed by atoms with E-state index in [0.717, 1.165) is 5.56 Å². The van der Waals surface area contributed by atoms with Crippen LogP contribution in [-0.2, 0) is 11.3 Å². The molecule has 0 aliphatic carbocycles. The normalized spacial score (nSPS) is 11.1. The molecular weight excluding hydrogens is 236 g/mol. The number of amides is 1. The van der Waals surface area contributed by atoms with Crippen LogP contribution in [0, 0.1) is 0 Å². The molecule has 1 aromatic rings. The highest BCUT2D eigenvalue weighted by molar-refractivity contribution is 5.87. The van der Waals surface area contributed by atoms with Gasteiger partial charge in [-0.3, -0.25) is 15.3 Å². The van der Waals surface area contributed by atoms with E-state index in [2.05, 4.69) is 5.32 Å². The number of hydrogen-bond acceptors (Lipinski definition) is 4. The zero-order valence-electron chi connectivity index (χ0n) is 10.2. The highest BCUT2D eigenvalue weighted by Gasteiger charge is 2.26. The van der Waals surface area contributed by atoms with Crippen LogP contribution < -0.4 is 10.8 Å². The van der Waals surface area contributed by atoms with E-state index in [-0.39, 0.29) is 5.56 Å². The summed E-state index contributed by atoms with van der Waals surface area (Å²) in [4.78, 5) is 22.1. The van der Waals surface area contributed by atoms with Crippen LogP contribution >= 0.6 is 0 Å². The number of carbonyl (C=O) groups is 2. The zero-order valence-corrected chi connectivity index (χ0v) is 10.2. The molecule has 18 heavy (non-hydrogen) atoms. The Morgan fingerprint density at radius 1 is 1.33 bits per heavy atom. The number of aromatic carboxylic acids is 1. The van der Waals surface area contributed by atoms with Crippen molar-refractivity contribution in [1.29, 1.82) is 0 Å². The summed E-state index contributed by atoms with van der Waals surface area (Å²) in [6, 6.07) is 6.42. The van der Waals surface area contributed by atoms with Crippen LogP contribution in [0.2, 0.25) is 0 Å². The van der Waals surface area contributed by atoms with Gasteiger partial charge in [-0.15, -0.1) is 0 Å². The van der Waals surface area contributed by atoms with Gasteiger partial charge in [0.2, 0.25) is 0 Å². The van der Waals surface area contributed by atoms with Crippen molar-refractivity contribution in [3.63, 3.8) is 0 Å². The number of carboxylic acids is 1. The summed E-state index contributed by atoms with van der Waals surface area (Å²) < 4.78 is 0. The molecule has 0 atom stereocenters. The van der Waals surface area contributed by atoms with Crippen molar-refractivity contribution in [3.05, 3.63) is 35.4 Å². The van der Waals surface area contributed by atoms with Gasteiger partial charge < -0.3 is 5.11 Å². The maximum Gasteiger partial charge on any atom is 0.335 e. The number of carbonyl (C=O) groups excluding carboxylic acids is 1. The molecule has 0 bridgehead atoms. The fraction of sp³-hybridized carbons (Fsp3) is 0.333. The van der Waals surface area contributed by atoms with Gasteiger partial charge in [-0.05, 0) is 31.5 Å². The van der Waals surface area contributed by atoms with E-state index in [0.29, 0.717) is 6.54 Å². The Hall–Kier alpha value is -1.92. The van der Waals surface area contributed by atoms with Gasteiger partial charge in [0.05, 0.1) is 11.1 Å². The molecule has 4 N–H and O–H groups in total. The quantitative estimate of drug-likeness (QED) is 0.458. The third kappa shape index (κ3) is 3.54. The van der Waals surface area contributed by atoms with E-state index in [4.69, 9.17) is 10.3 Å². The molecule has 0 aliphatic rings. The monoisotopic (exact) mass is 252 g/mol. The van der Waals surface area contributed by atoms with E-state index < -0.39 is 17.4 Å². The lowest BCUT2D eigenvalue weighted by atomic mass is 10.0. The minimum absolute atomic E-state index is 0.193. The zero-order chi connectivity index (χ0) is 13.8. The Bertz CT molecular complexity index is 457. The van der Waals surface area contributed by atoms with Gasteiger partial charge in [0.1, 0.15) is 0 Å². The molecule has 0 fully saturated rings. The summed E-state index contributed by atoms with van der Waals surface area (Å²) in [7, 11) is 0. The fourth-order valence-electron chi connectivity index (χ4n) is 1.36. The van der Waals surface area contributed by atoms with Gasteiger partial charge in [-0.2, -0.15) is 0 Å². The number of benzene rings is 1. The molecule has 1 aromatic carbocycles. The van der Waals surface area contributed by atoms with Crippen molar-refractivity contribution in [3.8, 4) is 0 Å². The van der Waals surface area contributed by atoms with Crippen molar-refractivity contribution >= 4 is 11.9 Å². The summed E-state index contributed by atoms with van der Waals surface area (Å²) >= 11 is 0. The highest BCUT2D eigenvalue weighted by atomic mass is 16.5. The second kappa shape index (κ2) is 5.61. The number of hydroxylamine groups is 1. The standard InChI is InChI=1S/C12H16N2O4/c1-12(2,11(17)14-18)13-7-8-4-3-5-9(6-8)10(15)16/h3-6,13,18H,7H2,1-2H3,(H,14,17)(H,15,16). The van der Waals surface area contributed by atoms with Crippen molar-refractivity contribution < 1.29 is 19.9 Å². The smallest absolute Gasteiger partial charge is 0.335 e. The molecule has 1 rings (SSSR count). The van der Waals surface area contributed by atoms with Crippen LogP contribution in [0.15, 0.2) is 24.3 Å². The van der Waals surface area contributed by atoms with E-state index in [1.165, 1.54) is 12.1 Å². The molecule has 6 nitrogen and oxygen atoms in total. The average molecular weight is 252 g/mol. The van der Waals surface area contributed by atoms with Crippen LogP contribution in [-0.4, -0.2) is 27.7 Å². The average Bonchev–Trinajstić information content (AvgIpc) is 2.35. The second-order valence-electron chi connectivity index (χ2n) is 4.43. The number of nitrogens with one attached hydrogen (secondary N) is 2. The van der Waals surface area contributed by atoms with Crippen LogP contribution in [0.5, 0.6) is 0 Å². The van der Waals surface area contributed by atoms with Gasteiger partial charge >= 0.3 is 5.97 Å². The van der Waals surface area contributed by atoms with Gasteiger partial charge in [0.25, 0.3) is 5.91 Å².